The molecule has 0 aliphatic heterocycles. The van der Waals surface area contributed by atoms with Crippen molar-refractivity contribution >= 4 is 11.5 Å². The largest absolute Gasteiger partial charge is 0.430 e. The van der Waals surface area contributed by atoms with Crippen LogP contribution in [-0.4, -0.2) is 24.4 Å². The standard InChI is InChI=1S/C13H11N5OS/c1-2-10(18-7-6-14-17-18)8-11(3-1)19-13-15-12(16-20-13)9-4-5-9/h1-3,6-9H,4-5H2. The van der Waals surface area contributed by atoms with Gasteiger partial charge in [-0.05, 0) is 25.0 Å². The fourth-order valence-corrected chi connectivity index (χ4v) is 2.53. The van der Waals surface area contributed by atoms with E-state index in [9.17, 15) is 0 Å². The molecule has 0 saturated heterocycles. The lowest BCUT2D eigenvalue weighted by atomic mass is 10.3. The van der Waals surface area contributed by atoms with E-state index >= 15 is 0 Å². The molecule has 0 unspecified atom stereocenters. The van der Waals surface area contributed by atoms with E-state index in [0.29, 0.717) is 11.1 Å². The SMILES string of the molecule is c1cc(Oc2nc(C3CC3)ns2)cc(-n2ccnn2)c1. The zero-order valence-electron chi connectivity index (χ0n) is 10.5. The van der Waals surface area contributed by atoms with Crippen LogP contribution in [-0.2, 0) is 0 Å². The van der Waals surface area contributed by atoms with Gasteiger partial charge in [0.1, 0.15) is 11.6 Å². The maximum Gasteiger partial charge on any atom is 0.298 e. The zero-order chi connectivity index (χ0) is 13.4. The Morgan fingerprint density at radius 2 is 2.25 bits per heavy atom. The van der Waals surface area contributed by atoms with E-state index < -0.39 is 0 Å². The number of nitrogens with zero attached hydrogens (tertiary/aromatic N) is 5. The molecule has 0 bridgehead atoms. The van der Waals surface area contributed by atoms with Gasteiger partial charge in [0.25, 0.3) is 5.19 Å². The molecule has 2 aromatic heterocycles. The number of ether oxygens (including phenoxy) is 1. The molecule has 1 fully saturated rings. The minimum absolute atomic E-state index is 0.546. The first-order valence-corrected chi connectivity index (χ1v) is 7.14. The number of rotatable bonds is 4. The quantitative estimate of drug-likeness (QED) is 0.737. The monoisotopic (exact) mass is 285 g/mol. The predicted octanol–water partition coefficient (Wildman–Crippen LogP) is 2.79. The average Bonchev–Trinajstić information content (AvgIpc) is 3.00. The highest BCUT2D eigenvalue weighted by Crippen LogP contribution is 2.40. The summed E-state index contributed by atoms with van der Waals surface area (Å²) in [5, 5.41) is 8.34. The summed E-state index contributed by atoms with van der Waals surface area (Å²) in [6, 6.07) is 7.64. The van der Waals surface area contributed by atoms with E-state index in [0.717, 1.165) is 17.3 Å². The van der Waals surface area contributed by atoms with E-state index in [1.165, 1.54) is 24.4 Å². The summed E-state index contributed by atoms with van der Waals surface area (Å²) >= 11 is 1.30. The third-order valence-electron chi connectivity index (χ3n) is 3.08. The minimum atomic E-state index is 0.546. The van der Waals surface area contributed by atoms with Crippen LogP contribution in [0, 0.1) is 0 Å². The van der Waals surface area contributed by atoms with Crippen LogP contribution in [0.15, 0.2) is 36.7 Å². The van der Waals surface area contributed by atoms with Gasteiger partial charge >= 0.3 is 0 Å². The van der Waals surface area contributed by atoms with Crippen LogP contribution < -0.4 is 4.74 Å². The van der Waals surface area contributed by atoms with E-state index in [-0.39, 0.29) is 0 Å². The Hall–Kier alpha value is -2.28. The fraction of sp³-hybridized carbons (Fsp3) is 0.231. The normalized spacial score (nSPS) is 14.4. The molecular formula is C13H11N5OS. The second-order valence-corrected chi connectivity index (χ2v) is 5.35. The van der Waals surface area contributed by atoms with Gasteiger partial charge in [0.05, 0.1) is 18.1 Å². The zero-order valence-corrected chi connectivity index (χ0v) is 11.3. The molecule has 1 aromatic carbocycles. The van der Waals surface area contributed by atoms with Crippen LogP contribution >= 0.6 is 11.5 Å². The molecule has 0 amide bonds. The molecule has 100 valence electrons. The molecule has 20 heavy (non-hydrogen) atoms. The summed E-state index contributed by atoms with van der Waals surface area (Å²) in [6.45, 7) is 0. The molecule has 6 nitrogen and oxygen atoms in total. The number of benzene rings is 1. The topological polar surface area (TPSA) is 65.7 Å². The maximum atomic E-state index is 5.76. The summed E-state index contributed by atoms with van der Waals surface area (Å²) in [5.41, 5.74) is 0.895. The first kappa shape index (κ1) is 11.5. The highest BCUT2D eigenvalue weighted by atomic mass is 32.1. The average molecular weight is 285 g/mol. The van der Waals surface area contributed by atoms with Crippen LogP contribution in [0.5, 0.6) is 10.9 Å². The van der Waals surface area contributed by atoms with Crippen LogP contribution in [0.3, 0.4) is 0 Å². The molecule has 0 spiro atoms. The Bertz CT molecular complexity index is 720. The molecule has 0 radical (unpaired) electrons. The highest BCUT2D eigenvalue weighted by molar-refractivity contribution is 7.07. The van der Waals surface area contributed by atoms with Gasteiger partial charge in [0.2, 0.25) is 0 Å². The summed E-state index contributed by atoms with van der Waals surface area (Å²) < 4.78 is 11.8. The smallest absolute Gasteiger partial charge is 0.298 e. The number of hydrogen-bond acceptors (Lipinski definition) is 6. The van der Waals surface area contributed by atoms with Crippen molar-refractivity contribution in [3.8, 4) is 16.6 Å². The Morgan fingerprint density at radius 3 is 3.05 bits per heavy atom. The molecule has 0 atom stereocenters. The van der Waals surface area contributed by atoms with Gasteiger partial charge in [-0.1, -0.05) is 11.3 Å². The molecule has 0 N–H and O–H groups in total. The van der Waals surface area contributed by atoms with E-state index in [1.54, 1.807) is 17.1 Å². The van der Waals surface area contributed by atoms with E-state index in [1.807, 2.05) is 24.3 Å². The minimum Gasteiger partial charge on any atom is -0.430 e. The maximum absolute atomic E-state index is 5.76. The van der Waals surface area contributed by atoms with Gasteiger partial charge in [0.15, 0.2) is 0 Å². The molecule has 7 heteroatoms. The number of hydrogen-bond donors (Lipinski definition) is 0. The fourth-order valence-electron chi connectivity index (χ4n) is 1.91. The van der Waals surface area contributed by atoms with Crippen molar-refractivity contribution in [2.45, 2.75) is 18.8 Å². The van der Waals surface area contributed by atoms with Gasteiger partial charge in [-0.25, -0.2) is 4.68 Å². The lowest BCUT2D eigenvalue weighted by Gasteiger charge is -2.04. The van der Waals surface area contributed by atoms with Gasteiger partial charge in [-0.15, -0.1) is 5.10 Å². The Morgan fingerprint density at radius 1 is 1.30 bits per heavy atom. The van der Waals surface area contributed by atoms with E-state index in [2.05, 4.69) is 19.7 Å². The Labute approximate surface area is 119 Å². The summed E-state index contributed by atoms with van der Waals surface area (Å²) in [4.78, 5) is 4.41. The molecule has 1 aliphatic carbocycles. The van der Waals surface area contributed by atoms with Gasteiger partial charge in [-0.2, -0.15) is 9.36 Å². The lowest BCUT2D eigenvalue weighted by molar-refractivity contribution is 0.476. The van der Waals surface area contributed by atoms with Gasteiger partial charge < -0.3 is 4.74 Å². The van der Waals surface area contributed by atoms with Crippen molar-refractivity contribution in [2.24, 2.45) is 0 Å². The first-order valence-electron chi connectivity index (χ1n) is 6.37. The van der Waals surface area contributed by atoms with E-state index in [4.69, 9.17) is 4.74 Å². The van der Waals surface area contributed by atoms with Crippen LogP contribution in [0.1, 0.15) is 24.6 Å². The Kier molecular flexibility index (Phi) is 2.70. The summed E-state index contributed by atoms with van der Waals surface area (Å²) in [6.07, 6.45) is 5.81. The molecule has 1 aliphatic rings. The molecule has 2 heterocycles. The third-order valence-corrected chi connectivity index (χ3v) is 3.68. The summed E-state index contributed by atoms with van der Waals surface area (Å²) in [5.74, 6) is 2.18. The van der Waals surface area contributed by atoms with Crippen molar-refractivity contribution < 1.29 is 4.74 Å². The van der Waals surface area contributed by atoms with Gasteiger partial charge in [0, 0.05) is 23.5 Å². The number of aromatic nitrogens is 5. The van der Waals surface area contributed by atoms with Crippen molar-refractivity contribution in [3.05, 3.63) is 42.5 Å². The van der Waals surface area contributed by atoms with Gasteiger partial charge in [-0.3, -0.25) is 0 Å². The third kappa shape index (κ3) is 2.27. The van der Waals surface area contributed by atoms with Crippen molar-refractivity contribution in [1.82, 2.24) is 24.4 Å². The highest BCUT2D eigenvalue weighted by Gasteiger charge is 2.28. The molecule has 4 rings (SSSR count). The van der Waals surface area contributed by atoms with Crippen LogP contribution in [0.4, 0.5) is 0 Å². The van der Waals surface area contributed by atoms with Crippen molar-refractivity contribution in [2.75, 3.05) is 0 Å². The molecule has 3 aromatic rings. The molecule has 1 saturated carbocycles. The van der Waals surface area contributed by atoms with Crippen LogP contribution in [0.25, 0.3) is 5.69 Å². The lowest BCUT2D eigenvalue weighted by Crippen LogP contribution is -1.95. The second kappa shape index (κ2) is 4.68. The van der Waals surface area contributed by atoms with Crippen LogP contribution in [0.2, 0.25) is 0 Å². The second-order valence-electron chi connectivity index (χ2n) is 4.64. The van der Waals surface area contributed by atoms with Crippen molar-refractivity contribution in [3.63, 3.8) is 0 Å². The Balaban J connectivity index is 1.57. The summed E-state index contributed by atoms with van der Waals surface area (Å²) in [7, 11) is 0. The molecular weight excluding hydrogens is 274 g/mol. The predicted molar refractivity (Wildman–Crippen MR) is 73.3 cm³/mol. The van der Waals surface area contributed by atoms with Crippen molar-refractivity contribution in [1.29, 1.82) is 0 Å². The first-order chi connectivity index (χ1) is 9.88.